The van der Waals surface area contributed by atoms with Gasteiger partial charge in [0.2, 0.25) is 0 Å². The van der Waals surface area contributed by atoms with Crippen molar-refractivity contribution in [2.75, 3.05) is 13.2 Å². The van der Waals surface area contributed by atoms with Gasteiger partial charge < -0.3 is 14.2 Å². The zero-order chi connectivity index (χ0) is 52.2. The monoisotopic (exact) mass is 1010 g/mol. The largest absolute Gasteiger partial charge is 0.462 e. The van der Waals surface area contributed by atoms with Crippen molar-refractivity contribution in [2.24, 2.45) is 0 Å². The summed E-state index contributed by atoms with van der Waals surface area (Å²) in [5, 5.41) is 0. The molecule has 0 heterocycles. The smallest absolute Gasteiger partial charge is 0.306 e. The maximum Gasteiger partial charge on any atom is 0.306 e. The van der Waals surface area contributed by atoms with Gasteiger partial charge in [0.05, 0.1) is 0 Å². The molecule has 0 bridgehead atoms. The van der Waals surface area contributed by atoms with Crippen molar-refractivity contribution in [3.05, 3.63) is 48.6 Å². The predicted octanol–water partition coefficient (Wildman–Crippen LogP) is 21.4. The van der Waals surface area contributed by atoms with Crippen LogP contribution in [0.1, 0.15) is 335 Å². The summed E-state index contributed by atoms with van der Waals surface area (Å²) in [6.07, 6.45) is 75.3. The van der Waals surface area contributed by atoms with Crippen LogP contribution in [0.25, 0.3) is 0 Å². The summed E-state index contributed by atoms with van der Waals surface area (Å²) in [4.78, 5) is 38.3. The first-order valence-corrected chi connectivity index (χ1v) is 31.6. The van der Waals surface area contributed by atoms with E-state index < -0.39 is 6.10 Å². The van der Waals surface area contributed by atoms with Gasteiger partial charge >= 0.3 is 17.9 Å². The molecule has 0 saturated heterocycles. The quantitative estimate of drug-likeness (QED) is 0.0261. The van der Waals surface area contributed by atoms with E-state index in [1.54, 1.807) is 0 Å². The predicted molar refractivity (Wildman–Crippen MR) is 312 cm³/mol. The van der Waals surface area contributed by atoms with Crippen molar-refractivity contribution in [3.63, 3.8) is 0 Å². The van der Waals surface area contributed by atoms with E-state index >= 15 is 0 Å². The highest BCUT2D eigenvalue weighted by Gasteiger charge is 2.19. The molecule has 0 radical (unpaired) electrons. The Morgan fingerprint density at radius 1 is 0.278 bits per heavy atom. The summed E-state index contributed by atoms with van der Waals surface area (Å²) in [7, 11) is 0. The topological polar surface area (TPSA) is 78.9 Å². The number of unbranched alkanes of at least 4 members (excludes halogenated alkanes) is 39. The van der Waals surface area contributed by atoms with Gasteiger partial charge in [0.15, 0.2) is 6.10 Å². The minimum absolute atomic E-state index is 0.0745. The van der Waals surface area contributed by atoms with Crippen LogP contribution in [-0.2, 0) is 28.6 Å². The lowest BCUT2D eigenvalue weighted by Crippen LogP contribution is -2.30. The highest BCUT2D eigenvalue weighted by Crippen LogP contribution is 2.17. The van der Waals surface area contributed by atoms with Crippen LogP contribution in [0.4, 0.5) is 0 Å². The van der Waals surface area contributed by atoms with E-state index in [0.717, 1.165) is 77.0 Å². The molecule has 6 nitrogen and oxygen atoms in total. The summed E-state index contributed by atoms with van der Waals surface area (Å²) in [5.74, 6) is -0.865. The summed E-state index contributed by atoms with van der Waals surface area (Å²) in [5.41, 5.74) is 0. The van der Waals surface area contributed by atoms with Crippen molar-refractivity contribution in [3.8, 4) is 0 Å². The van der Waals surface area contributed by atoms with Gasteiger partial charge in [-0.1, -0.05) is 281 Å². The van der Waals surface area contributed by atoms with Gasteiger partial charge in [-0.15, -0.1) is 0 Å². The fourth-order valence-electron chi connectivity index (χ4n) is 9.27. The molecule has 0 aliphatic carbocycles. The van der Waals surface area contributed by atoms with Crippen molar-refractivity contribution in [2.45, 2.75) is 341 Å². The SMILES string of the molecule is CCCCC/C=C/C/C=C/CCCCCCCCCCCC(=O)OC[C@@H](COC(=O)CCCCCCCCC/C=C/C/C=C/CCCCC)OC(=O)CCCCCCCCCCCCCCCCCCCC. The Labute approximate surface area is 448 Å². The van der Waals surface area contributed by atoms with Crippen molar-refractivity contribution < 1.29 is 28.6 Å². The zero-order valence-electron chi connectivity index (χ0n) is 48.2. The second-order valence-electron chi connectivity index (χ2n) is 21.3. The molecule has 0 unspecified atom stereocenters. The molecule has 0 aliphatic rings. The van der Waals surface area contributed by atoms with E-state index in [0.29, 0.717) is 19.3 Å². The van der Waals surface area contributed by atoms with E-state index in [1.165, 1.54) is 218 Å². The van der Waals surface area contributed by atoms with Gasteiger partial charge in [-0.25, -0.2) is 0 Å². The third kappa shape index (κ3) is 58.3. The summed E-state index contributed by atoms with van der Waals surface area (Å²) < 4.78 is 16.9. The second kappa shape index (κ2) is 60.9. The Hall–Kier alpha value is -2.63. The van der Waals surface area contributed by atoms with E-state index in [-0.39, 0.29) is 31.1 Å². The molecular weight excluding hydrogens is 889 g/mol. The van der Waals surface area contributed by atoms with Crippen LogP contribution in [0, 0.1) is 0 Å². The van der Waals surface area contributed by atoms with Crippen LogP contribution in [0.15, 0.2) is 48.6 Å². The van der Waals surface area contributed by atoms with Crippen molar-refractivity contribution in [1.82, 2.24) is 0 Å². The molecule has 0 N–H and O–H groups in total. The number of carbonyl (C=O) groups is 3. The number of hydrogen-bond donors (Lipinski definition) is 0. The van der Waals surface area contributed by atoms with Gasteiger partial charge in [-0.2, -0.15) is 0 Å². The van der Waals surface area contributed by atoms with Gasteiger partial charge in [-0.3, -0.25) is 14.4 Å². The number of rotatable bonds is 58. The molecule has 72 heavy (non-hydrogen) atoms. The Kier molecular flexibility index (Phi) is 58.7. The maximum atomic E-state index is 12.9. The molecular formula is C66H120O6. The molecule has 420 valence electrons. The lowest BCUT2D eigenvalue weighted by atomic mass is 10.0. The van der Waals surface area contributed by atoms with Gasteiger partial charge in [0.25, 0.3) is 0 Å². The molecule has 0 rings (SSSR count). The number of ether oxygens (including phenoxy) is 3. The van der Waals surface area contributed by atoms with Gasteiger partial charge in [0.1, 0.15) is 13.2 Å². The molecule has 6 heteroatoms. The van der Waals surface area contributed by atoms with Crippen LogP contribution in [-0.4, -0.2) is 37.2 Å². The fraction of sp³-hybridized carbons (Fsp3) is 0.833. The van der Waals surface area contributed by atoms with Crippen molar-refractivity contribution in [1.29, 1.82) is 0 Å². The Morgan fingerprint density at radius 3 is 0.792 bits per heavy atom. The molecule has 0 saturated carbocycles. The molecule has 0 spiro atoms. The number of carbonyl (C=O) groups excluding carboxylic acids is 3. The molecule has 0 aliphatic heterocycles. The fourth-order valence-corrected chi connectivity index (χ4v) is 9.27. The van der Waals surface area contributed by atoms with Gasteiger partial charge in [0, 0.05) is 19.3 Å². The number of allylic oxidation sites excluding steroid dienone is 8. The van der Waals surface area contributed by atoms with Crippen LogP contribution >= 0.6 is 0 Å². The summed E-state index contributed by atoms with van der Waals surface area (Å²) in [6, 6.07) is 0. The average molecular weight is 1010 g/mol. The molecule has 0 amide bonds. The summed E-state index contributed by atoms with van der Waals surface area (Å²) >= 11 is 0. The van der Waals surface area contributed by atoms with E-state index in [2.05, 4.69) is 69.4 Å². The maximum absolute atomic E-state index is 12.9. The third-order valence-electron chi connectivity index (χ3n) is 14.1. The highest BCUT2D eigenvalue weighted by molar-refractivity contribution is 5.71. The molecule has 0 aromatic heterocycles. The normalized spacial score (nSPS) is 12.3. The minimum Gasteiger partial charge on any atom is -0.462 e. The Balaban J connectivity index is 4.36. The zero-order valence-corrected chi connectivity index (χ0v) is 48.2. The van der Waals surface area contributed by atoms with Crippen LogP contribution < -0.4 is 0 Å². The van der Waals surface area contributed by atoms with Crippen molar-refractivity contribution >= 4 is 17.9 Å². The van der Waals surface area contributed by atoms with E-state index in [4.69, 9.17) is 14.2 Å². The lowest BCUT2D eigenvalue weighted by Gasteiger charge is -2.18. The average Bonchev–Trinajstić information content (AvgIpc) is 3.38. The minimum atomic E-state index is -0.777. The Morgan fingerprint density at radius 2 is 0.500 bits per heavy atom. The molecule has 0 fully saturated rings. The van der Waals surface area contributed by atoms with Crippen LogP contribution in [0.5, 0.6) is 0 Å². The molecule has 1 atom stereocenters. The lowest BCUT2D eigenvalue weighted by molar-refractivity contribution is -0.167. The second-order valence-corrected chi connectivity index (χ2v) is 21.3. The Bertz CT molecular complexity index is 1250. The van der Waals surface area contributed by atoms with Crippen LogP contribution in [0.3, 0.4) is 0 Å². The summed E-state index contributed by atoms with van der Waals surface area (Å²) in [6.45, 7) is 6.63. The first kappa shape index (κ1) is 69.4. The number of hydrogen-bond acceptors (Lipinski definition) is 6. The first-order valence-electron chi connectivity index (χ1n) is 31.6. The van der Waals surface area contributed by atoms with Crippen LogP contribution in [0.2, 0.25) is 0 Å². The van der Waals surface area contributed by atoms with E-state index in [1.807, 2.05) is 0 Å². The number of esters is 3. The van der Waals surface area contributed by atoms with E-state index in [9.17, 15) is 14.4 Å². The highest BCUT2D eigenvalue weighted by atomic mass is 16.6. The first-order chi connectivity index (χ1) is 35.5. The van der Waals surface area contributed by atoms with Gasteiger partial charge in [-0.05, 0) is 83.5 Å². The molecule has 0 aromatic rings. The molecule has 0 aromatic carbocycles. The standard InChI is InChI=1S/C66H120O6/c1-4-7-10-13-16-19-22-25-28-31-33-36-38-41-44-47-50-53-56-59-65(68)71-62-63(61-70-64(67)58-55-52-49-46-43-40-37-34-30-27-24-21-18-15-12-9-6-3)72-66(69)60-57-54-51-48-45-42-39-35-32-29-26-23-20-17-14-11-8-5-2/h16,18-19,21,25,27-28,30,63H,4-15,17,20,22-24,26,29,31-62H2,1-3H3/b19-16+,21-18+,28-25+,30-27+/t63-/m1/s1. The third-order valence-corrected chi connectivity index (χ3v) is 14.1.